The van der Waals surface area contributed by atoms with Crippen LogP contribution < -0.4 is 0 Å². The van der Waals surface area contributed by atoms with Crippen LogP contribution in [0.2, 0.25) is 0 Å². The van der Waals surface area contributed by atoms with Crippen molar-refractivity contribution in [2.24, 2.45) is 5.92 Å². The van der Waals surface area contributed by atoms with Gasteiger partial charge in [0.25, 0.3) is 0 Å². The highest BCUT2D eigenvalue weighted by molar-refractivity contribution is 4.85. The lowest BCUT2D eigenvalue weighted by atomic mass is 9.98. The number of hydrogen-bond acceptors (Lipinski definition) is 2. The van der Waals surface area contributed by atoms with E-state index in [9.17, 15) is 26.3 Å². The largest absolute Gasteiger partial charge is 0.405 e. The van der Waals surface area contributed by atoms with Crippen LogP contribution in [0.1, 0.15) is 20.3 Å². The van der Waals surface area contributed by atoms with Crippen molar-refractivity contribution in [1.82, 2.24) is 0 Å². The van der Waals surface area contributed by atoms with E-state index in [0.29, 0.717) is 6.92 Å². The van der Waals surface area contributed by atoms with Gasteiger partial charge < -0.3 is 9.84 Å². The van der Waals surface area contributed by atoms with Crippen molar-refractivity contribution in [3.05, 3.63) is 0 Å². The van der Waals surface area contributed by atoms with Crippen LogP contribution in [0.3, 0.4) is 0 Å². The van der Waals surface area contributed by atoms with Gasteiger partial charge >= 0.3 is 12.4 Å². The first-order chi connectivity index (χ1) is 6.93. The minimum atomic E-state index is -5.62. The van der Waals surface area contributed by atoms with Crippen LogP contribution in [0.5, 0.6) is 0 Å². The molecule has 1 unspecified atom stereocenters. The van der Waals surface area contributed by atoms with Crippen molar-refractivity contribution in [2.75, 3.05) is 6.61 Å². The molecule has 0 amide bonds. The second-order valence-corrected chi connectivity index (χ2v) is 3.42. The maximum atomic E-state index is 12.2. The fourth-order valence-electron chi connectivity index (χ4n) is 1.18. The number of alkyl halides is 6. The Morgan fingerprint density at radius 1 is 1.06 bits per heavy atom. The topological polar surface area (TPSA) is 29.5 Å². The molecule has 0 aromatic carbocycles. The molecule has 0 aromatic heterocycles. The molecule has 0 aliphatic carbocycles. The molecule has 0 aromatic rings. The Balaban J connectivity index is 5.04. The third kappa shape index (κ3) is 4.17. The SMILES string of the molecule is CCCOC(C)(O)C(C(F)(F)F)C(F)(F)F. The van der Waals surface area contributed by atoms with E-state index in [0.717, 1.165) is 0 Å². The number of rotatable bonds is 4. The molecule has 8 heteroatoms. The molecule has 0 fully saturated rings. The molecule has 0 saturated carbocycles. The number of aliphatic hydroxyl groups is 1. The predicted molar refractivity (Wildman–Crippen MR) is 42.5 cm³/mol. The van der Waals surface area contributed by atoms with E-state index in [4.69, 9.17) is 5.11 Å². The smallest absolute Gasteiger partial charge is 0.365 e. The molecule has 16 heavy (non-hydrogen) atoms. The normalized spacial score (nSPS) is 17.6. The van der Waals surface area contributed by atoms with Crippen LogP contribution in [0.25, 0.3) is 0 Å². The van der Waals surface area contributed by atoms with Crippen molar-refractivity contribution in [3.63, 3.8) is 0 Å². The Bertz CT molecular complexity index is 206. The monoisotopic (exact) mass is 254 g/mol. The van der Waals surface area contributed by atoms with Crippen LogP contribution in [0, 0.1) is 5.92 Å². The molecular weight excluding hydrogens is 242 g/mol. The van der Waals surface area contributed by atoms with E-state index in [-0.39, 0.29) is 6.42 Å². The summed E-state index contributed by atoms with van der Waals surface area (Å²) in [5.74, 6) is -7.23. The minimum absolute atomic E-state index is 0.193. The minimum Gasteiger partial charge on any atom is -0.365 e. The molecule has 98 valence electrons. The Labute approximate surface area is 88.2 Å². The molecule has 0 rings (SSSR count). The lowest BCUT2D eigenvalue weighted by molar-refractivity contribution is -0.376. The van der Waals surface area contributed by atoms with Gasteiger partial charge in [-0.05, 0) is 13.3 Å². The molecule has 0 aliphatic heterocycles. The average molecular weight is 254 g/mol. The molecule has 1 atom stereocenters. The Kier molecular flexibility index (Phi) is 4.64. The van der Waals surface area contributed by atoms with Gasteiger partial charge in [-0.15, -0.1) is 0 Å². The molecule has 0 aliphatic rings. The third-order valence-corrected chi connectivity index (χ3v) is 1.79. The van der Waals surface area contributed by atoms with Crippen LogP contribution in [0.4, 0.5) is 26.3 Å². The third-order valence-electron chi connectivity index (χ3n) is 1.79. The summed E-state index contributed by atoms with van der Waals surface area (Å²) >= 11 is 0. The lowest BCUT2D eigenvalue weighted by Gasteiger charge is -2.35. The van der Waals surface area contributed by atoms with Gasteiger partial charge in [0.1, 0.15) is 0 Å². The van der Waals surface area contributed by atoms with Gasteiger partial charge in [-0.25, -0.2) is 0 Å². The molecule has 0 saturated heterocycles. The molecule has 0 bridgehead atoms. The van der Waals surface area contributed by atoms with Crippen molar-refractivity contribution in [3.8, 4) is 0 Å². The van der Waals surface area contributed by atoms with Gasteiger partial charge in [-0.1, -0.05) is 6.92 Å². The van der Waals surface area contributed by atoms with Gasteiger partial charge in [-0.2, -0.15) is 26.3 Å². The van der Waals surface area contributed by atoms with E-state index in [1.807, 2.05) is 0 Å². The summed E-state index contributed by atoms with van der Waals surface area (Å²) in [4.78, 5) is 0. The standard InChI is InChI=1S/C8H12F6O2/c1-3-4-16-6(2,15)5(7(9,10)11)8(12,13)14/h5,15H,3-4H2,1-2H3. The zero-order chi connectivity index (χ0) is 13.2. The summed E-state index contributed by atoms with van der Waals surface area (Å²) in [7, 11) is 0. The lowest BCUT2D eigenvalue weighted by Crippen LogP contribution is -2.53. The Morgan fingerprint density at radius 3 is 1.69 bits per heavy atom. The molecular formula is C8H12F6O2. The fourth-order valence-corrected chi connectivity index (χ4v) is 1.18. The fraction of sp³-hybridized carbons (Fsp3) is 1.00. The molecule has 0 spiro atoms. The first-order valence-corrected chi connectivity index (χ1v) is 4.42. The second kappa shape index (κ2) is 4.79. The molecule has 0 heterocycles. The summed E-state index contributed by atoms with van der Waals surface area (Å²) < 4.78 is 77.3. The van der Waals surface area contributed by atoms with Gasteiger partial charge in [0.2, 0.25) is 5.92 Å². The van der Waals surface area contributed by atoms with Crippen LogP contribution >= 0.6 is 0 Å². The van der Waals surface area contributed by atoms with E-state index in [1.54, 1.807) is 0 Å². The highest BCUT2D eigenvalue weighted by Gasteiger charge is 2.65. The first-order valence-electron chi connectivity index (χ1n) is 4.42. The van der Waals surface area contributed by atoms with Gasteiger partial charge in [-0.3, -0.25) is 0 Å². The van der Waals surface area contributed by atoms with Gasteiger partial charge in [0, 0.05) is 6.61 Å². The molecule has 2 nitrogen and oxygen atoms in total. The van der Waals surface area contributed by atoms with E-state index in [2.05, 4.69) is 4.74 Å². The van der Waals surface area contributed by atoms with Gasteiger partial charge in [0.15, 0.2) is 5.79 Å². The van der Waals surface area contributed by atoms with Crippen molar-refractivity contribution < 1.29 is 36.2 Å². The predicted octanol–water partition coefficient (Wildman–Crippen LogP) is 2.86. The van der Waals surface area contributed by atoms with E-state index < -0.39 is 30.7 Å². The number of hydrogen-bond donors (Lipinski definition) is 1. The van der Waals surface area contributed by atoms with Crippen molar-refractivity contribution in [1.29, 1.82) is 0 Å². The maximum absolute atomic E-state index is 12.2. The van der Waals surface area contributed by atoms with E-state index >= 15 is 0 Å². The summed E-state index contributed by atoms with van der Waals surface area (Å²) in [6.45, 7) is 1.45. The quantitative estimate of drug-likeness (QED) is 0.617. The zero-order valence-corrected chi connectivity index (χ0v) is 8.61. The average Bonchev–Trinajstić information content (AvgIpc) is 1.93. The number of halogens is 6. The highest BCUT2D eigenvalue weighted by Crippen LogP contribution is 2.45. The maximum Gasteiger partial charge on any atom is 0.405 e. The summed E-state index contributed by atoms with van der Waals surface area (Å²) in [5, 5.41) is 9.11. The van der Waals surface area contributed by atoms with Gasteiger partial charge in [0.05, 0.1) is 0 Å². The molecule has 0 radical (unpaired) electrons. The summed E-state index contributed by atoms with van der Waals surface area (Å²) in [6, 6.07) is 0. The summed E-state index contributed by atoms with van der Waals surface area (Å²) in [5.41, 5.74) is 0. The number of ether oxygens (including phenoxy) is 1. The van der Waals surface area contributed by atoms with E-state index in [1.165, 1.54) is 6.92 Å². The molecule has 1 N–H and O–H groups in total. The van der Waals surface area contributed by atoms with Crippen LogP contribution in [0.15, 0.2) is 0 Å². The van der Waals surface area contributed by atoms with Crippen LogP contribution in [-0.2, 0) is 4.74 Å². The second-order valence-electron chi connectivity index (χ2n) is 3.42. The highest BCUT2D eigenvalue weighted by atomic mass is 19.4. The van der Waals surface area contributed by atoms with Crippen molar-refractivity contribution >= 4 is 0 Å². The van der Waals surface area contributed by atoms with Crippen LogP contribution in [-0.4, -0.2) is 29.9 Å². The summed E-state index contributed by atoms with van der Waals surface area (Å²) in [6.07, 6.45) is -11.0. The van der Waals surface area contributed by atoms with Crippen molar-refractivity contribution in [2.45, 2.75) is 38.4 Å². The Morgan fingerprint density at radius 2 is 1.44 bits per heavy atom. The zero-order valence-electron chi connectivity index (χ0n) is 8.61. The Hall–Kier alpha value is -0.500. The first kappa shape index (κ1) is 15.5.